The molecule has 0 aliphatic carbocycles. The molecule has 0 spiro atoms. The molecule has 1 unspecified atom stereocenters. The highest BCUT2D eigenvalue weighted by atomic mass is 35.5. The van der Waals surface area contributed by atoms with Gasteiger partial charge in [0.2, 0.25) is 12.1 Å². The number of anilines is 1. The number of para-hydroxylation sites is 1. The number of aryl methyl sites for hydroxylation is 1. The van der Waals surface area contributed by atoms with Crippen molar-refractivity contribution in [2.24, 2.45) is 4.99 Å². The maximum absolute atomic E-state index is 13.3. The van der Waals surface area contributed by atoms with E-state index in [0.717, 1.165) is 0 Å². The molecule has 0 fully saturated rings. The minimum Gasteiger partial charge on any atom is -0.327 e. The lowest BCUT2D eigenvalue weighted by molar-refractivity contribution is -0.385. The van der Waals surface area contributed by atoms with Crippen molar-refractivity contribution >= 4 is 57.8 Å². The first kappa shape index (κ1) is 26.7. The van der Waals surface area contributed by atoms with Crippen LogP contribution in [0.1, 0.15) is 23.1 Å². The third kappa shape index (κ3) is 5.48. The quantitative estimate of drug-likeness (QED) is 0.330. The van der Waals surface area contributed by atoms with Crippen molar-refractivity contribution in [3.05, 3.63) is 108 Å². The molecule has 38 heavy (non-hydrogen) atoms. The monoisotopic (exact) mass is 555 g/mol. The number of nitro groups is 2. The van der Waals surface area contributed by atoms with Gasteiger partial charge in [-0.1, -0.05) is 41.4 Å². The summed E-state index contributed by atoms with van der Waals surface area (Å²) >= 11 is 12.1. The molecule has 194 valence electrons. The Morgan fingerprint density at radius 2 is 1.76 bits per heavy atom. The minimum atomic E-state index is -1.45. The number of benzene rings is 3. The summed E-state index contributed by atoms with van der Waals surface area (Å²) in [6.45, 7) is 0. The highest BCUT2D eigenvalue weighted by Crippen LogP contribution is 2.33. The molecule has 3 aromatic carbocycles. The molecule has 13 heteroatoms. The van der Waals surface area contributed by atoms with Crippen LogP contribution < -0.4 is 10.2 Å². The highest BCUT2D eigenvalue weighted by molar-refractivity contribution is 6.35. The third-order valence-electron chi connectivity index (χ3n) is 5.92. The Balaban J connectivity index is 1.75. The molecular formula is C25H19Cl2N5O6. The highest BCUT2D eigenvalue weighted by Gasteiger charge is 2.34. The van der Waals surface area contributed by atoms with Gasteiger partial charge >= 0.3 is 0 Å². The molecule has 4 rings (SSSR count). The number of aliphatic imine (C=N–C) groups is 1. The lowest BCUT2D eigenvalue weighted by Crippen LogP contribution is -2.46. The minimum absolute atomic E-state index is 0.0366. The normalized spacial score (nSPS) is 14.8. The fourth-order valence-corrected chi connectivity index (χ4v) is 4.52. The van der Waals surface area contributed by atoms with Crippen LogP contribution in [0.3, 0.4) is 0 Å². The maximum Gasteiger partial charge on any atom is 0.278 e. The third-order valence-corrected chi connectivity index (χ3v) is 6.51. The van der Waals surface area contributed by atoms with Crippen molar-refractivity contribution in [3.8, 4) is 0 Å². The molecule has 1 aliphatic rings. The van der Waals surface area contributed by atoms with Gasteiger partial charge in [-0.05, 0) is 36.2 Å². The van der Waals surface area contributed by atoms with Gasteiger partial charge in [0.1, 0.15) is 0 Å². The number of rotatable bonds is 7. The van der Waals surface area contributed by atoms with Crippen LogP contribution >= 0.6 is 23.2 Å². The molecule has 1 heterocycles. The topological polar surface area (TPSA) is 148 Å². The van der Waals surface area contributed by atoms with E-state index in [1.165, 1.54) is 48.3 Å². The number of nitrogens with one attached hydrogen (secondary N) is 1. The van der Waals surface area contributed by atoms with Crippen LogP contribution in [0.5, 0.6) is 0 Å². The van der Waals surface area contributed by atoms with Gasteiger partial charge in [-0.3, -0.25) is 29.8 Å². The molecule has 1 aliphatic heterocycles. The Morgan fingerprint density at radius 1 is 1.03 bits per heavy atom. The summed E-state index contributed by atoms with van der Waals surface area (Å²) in [6.07, 6.45) is -1.23. The number of hydrogen-bond donors (Lipinski definition) is 1. The van der Waals surface area contributed by atoms with Gasteiger partial charge in [0.25, 0.3) is 17.3 Å². The molecule has 0 bridgehead atoms. The standard InChI is InChI=1S/C25H19Cl2N5O6/c1-30-20-10-9-16(31(35)36)13-18(20)23(17-4-2-3-5-21(17)32(37)38)29-24(25(30)34)28-22(33)11-7-14-6-8-15(26)12-19(14)27/h2-6,8-10,12-13,24H,7,11H2,1H3,(H,28,33). The largest absolute Gasteiger partial charge is 0.327 e. The van der Waals surface area contributed by atoms with Crippen LogP contribution in [0.15, 0.2) is 65.7 Å². The van der Waals surface area contributed by atoms with E-state index in [4.69, 9.17) is 23.2 Å². The number of hydrogen-bond acceptors (Lipinski definition) is 7. The van der Waals surface area contributed by atoms with Crippen molar-refractivity contribution in [1.29, 1.82) is 0 Å². The van der Waals surface area contributed by atoms with Crippen LogP contribution in [-0.4, -0.2) is 40.6 Å². The summed E-state index contributed by atoms with van der Waals surface area (Å²) in [5.74, 6) is -1.16. The smallest absolute Gasteiger partial charge is 0.278 e. The van der Waals surface area contributed by atoms with Gasteiger partial charge in [0, 0.05) is 47.3 Å². The number of amides is 2. The summed E-state index contributed by atoms with van der Waals surface area (Å²) in [7, 11) is 1.43. The second kappa shape index (κ2) is 11.0. The van der Waals surface area contributed by atoms with E-state index < -0.39 is 27.8 Å². The summed E-state index contributed by atoms with van der Waals surface area (Å²) in [6, 6.07) is 14.4. The van der Waals surface area contributed by atoms with E-state index in [9.17, 15) is 29.8 Å². The number of fused-ring (bicyclic) bond motifs is 1. The first-order valence-electron chi connectivity index (χ1n) is 11.2. The van der Waals surface area contributed by atoms with E-state index in [2.05, 4.69) is 10.3 Å². The van der Waals surface area contributed by atoms with E-state index in [1.807, 2.05) is 0 Å². The number of benzodiazepines with no additional fused rings is 1. The predicted octanol–water partition coefficient (Wildman–Crippen LogP) is 4.70. The Labute approximate surface area is 226 Å². The van der Waals surface area contributed by atoms with E-state index in [-0.39, 0.29) is 46.7 Å². The summed E-state index contributed by atoms with van der Waals surface area (Å²) in [4.78, 5) is 53.8. The van der Waals surface area contributed by atoms with Gasteiger partial charge in [-0.15, -0.1) is 0 Å². The average molecular weight is 556 g/mol. The van der Waals surface area contributed by atoms with Gasteiger partial charge in [0.05, 0.1) is 26.8 Å². The molecule has 0 radical (unpaired) electrons. The molecule has 1 atom stereocenters. The number of nitro benzene ring substituents is 2. The van der Waals surface area contributed by atoms with Crippen molar-refractivity contribution in [1.82, 2.24) is 5.32 Å². The van der Waals surface area contributed by atoms with Gasteiger partial charge in [-0.2, -0.15) is 0 Å². The van der Waals surface area contributed by atoms with Crippen LogP contribution in [0.2, 0.25) is 10.0 Å². The van der Waals surface area contributed by atoms with Gasteiger partial charge in [-0.25, -0.2) is 4.99 Å². The van der Waals surface area contributed by atoms with E-state index in [1.54, 1.807) is 24.3 Å². The van der Waals surface area contributed by atoms with Crippen LogP contribution in [-0.2, 0) is 16.0 Å². The second-order valence-electron chi connectivity index (χ2n) is 8.31. The molecule has 0 saturated heterocycles. The van der Waals surface area contributed by atoms with Crippen molar-refractivity contribution in [3.63, 3.8) is 0 Å². The molecule has 3 aromatic rings. The fraction of sp³-hybridized carbons (Fsp3) is 0.160. The van der Waals surface area contributed by atoms with Gasteiger partial charge in [0.15, 0.2) is 0 Å². The summed E-state index contributed by atoms with van der Waals surface area (Å²) < 4.78 is 0. The summed E-state index contributed by atoms with van der Waals surface area (Å²) in [5, 5.41) is 26.7. The van der Waals surface area contributed by atoms with Crippen LogP contribution in [0, 0.1) is 20.2 Å². The number of nitrogens with zero attached hydrogens (tertiary/aromatic N) is 4. The Bertz CT molecular complexity index is 1510. The molecule has 11 nitrogen and oxygen atoms in total. The Kier molecular flexibility index (Phi) is 7.70. The first-order valence-corrected chi connectivity index (χ1v) is 11.9. The molecule has 0 saturated carbocycles. The van der Waals surface area contributed by atoms with Gasteiger partial charge < -0.3 is 10.2 Å². The molecular weight excluding hydrogens is 537 g/mol. The van der Waals surface area contributed by atoms with Crippen molar-refractivity contribution < 1.29 is 19.4 Å². The Hall–Kier alpha value is -4.35. The first-order chi connectivity index (χ1) is 18.1. The lowest BCUT2D eigenvalue weighted by Gasteiger charge is -2.21. The number of halogens is 2. The average Bonchev–Trinajstić information content (AvgIpc) is 2.98. The number of likely N-dealkylation sites (N-methyl/N-ethyl adjacent to an activating group) is 1. The van der Waals surface area contributed by atoms with E-state index in [0.29, 0.717) is 15.6 Å². The predicted molar refractivity (Wildman–Crippen MR) is 142 cm³/mol. The molecule has 0 aromatic heterocycles. The molecule has 2 amide bonds. The maximum atomic E-state index is 13.3. The second-order valence-corrected chi connectivity index (χ2v) is 9.16. The lowest BCUT2D eigenvalue weighted by atomic mass is 9.98. The van der Waals surface area contributed by atoms with Crippen LogP contribution in [0.25, 0.3) is 0 Å². The Morgan fingerprint density at radius 3 is 2.45 bits per heavy atom. The van der Waals surface area contributed by atoms with Crippen LogP contribution in [0.4, 0.5) is 17.1 Å². The number of carbonyl (C=O) groups is 2. The summed E-state index contributed by atoms with van der Waals surface area (Å²) in [5.41, 5.74) is 0.436. The zero-order valence-electron chi connectivity index (χ0n) is 19.8. The number of carbonyl (C=O) groups excluding carboxylic acids is 2. The SMILES string of the molecule is CN1C(=O)C(NC(=O)CCc2ccc(Cl)cc2Cl)N=C(c2ccccc2[N+](=O)[O-])c2cc([N+](=O)[O-])ccc21. The molecule has 1 N–H and O–H groups in total. The fourth-order valence-electron chi connectivity index (χ4n) is 4.01. The zero-order valence-corrected chi connectivity index (χ0v) is 21.3. The van der Waals surface area contributed by atoms with Crippen molar-refractivity contribution in [2.45, 2.75) is 19.0 Å². The number of non-ortho nitro benzene ring substituents is 1. The van der Waals surface area contributed by atoms with Crippen molar-refractivity contribution in [2.75, 3.05) is 11.9 Å². The zero-order chi connectivity index (χ0) is 27.6. The van der Waals surface area contributed by atoms with E-state index >= 15 is 0 Å².